The number of aliphatic hydroxyl groups excluding tert-OH is 9. The maximum Gasteiger partial charge on any atom is 0.302 e. The van der Waals surface area contributed by atoms with Crippen LogP contribution in [0.25, 0.3) is 22.3 Å². The average Bonchev–Trinajstić information content (AvgIpc) is 3.24. The molecule has 0 amide bonds. The van der Waals surface area contributed by atoms with Crippen LogP contribution in [-0.4, -0.2) is 169 Å². The van der Waals surface area contributed by atoms with Crippen LogP contribution < -0.4 is 19.6 Å². The van der Waals surface area contributed by atoms with Gasteiger partial charge in [0.1, 0.15) is 102 Å². The Morgan fingerprint density at radius 2 is 1.39 bits per heavy atom. The van der Waals surface area contributed by atoms with E-state index in [0.29, 0.717) is 5.75 Å². The Labute approximate surface area is 353 Å². The minimum atomic E-state index is -1.98. The molecule has 3 fully saturated rings. The molecule has 4 heterocycles. The number of allylic oxidation sites excluding steroid dienone is 2. The van der Waals surface area contributed by atoms with Crippen LogP contribution in [0.1, 0.15) is 33.3 Å². The zero-order valence-electron chi connectivity index (χ0n) is 34.2. The van der Waals surface area contributed by atoms with Gasteiger partial charge in [-0.3, -0.25) is 9.59 Å². The SMILES string of the molecule is COc1ccc(-c2oc3c(CC=C(C)C)c(O[C@@H]4O[C@H](CO)[C@@H](O)[C@H](O)[C@H]4O)cc(O)c3c(=O)c2O[C@H]2O[C@H](C)[C@@H](O)[C@H](O[C@@H]3O[C@@H](COC(C)=O)[C@@H](O)[C@@H](O)[C@@H]3O)[C@@H]2O)cc1. The molecular weight excluding hydrogens is 828 g/mol. The normalized spacial score (nSPS) is 33.7. The highest BCUT2D eigenvalue weighted by Gasteiger charge is 2.51. The first-order valence-corrected chi connectivity index (χ1v) is 19.6. The van der Waals surface area contributed by atoms with Gasteiger partial charge in [0, 0.05) is 24.1 Å². The Morgan fingerprint density at radius 1 is 0.774 bits per heavy atom. The van der Waals surface area contributed by atoms with Gasteiger partial charge in [-0.25, -0.2) is 0 Å². The highest BCUT2D eigenvalue weighted by molar-refractivity contribution is 5.91. The molecule has 342 valence electrons. The van der Waals surface area contributed by atoms with Crippen molar-refractivity contribution < 1.29 is 98.2 Å². The first kappa shape index (κ1) is 47.0. The van der Waals surface area contributed by atoms with Crippen molar-refractivity contribution in [1.82, 2.24) is 0 Å². The lowest BCUT2D eigenvalue weighted by molar-refractivity contribution is -0.350. The summed E-state index contributed by atoms with van der Waals surface area (Å²) in [6, 6.07) is 7.17. The number of phenolic OH excluding ortho intramolecular Hbond substituents is 1. The lowest BCUT2D eigenvalue weighted by Gasteiger charge is -2.45. The predicted molar refractivity (Wildman–Crippen MR) is 209 cm³/mol. The molecule has 0 aliphatic carbocycles. The summed E-state index contributed by atoms with van der Waals surface area (Å²) in [6.45, 7) is 4.79. The molecule has 2 aromatic carbocycles. The number of aromatic hydroxyl groups is 1. The topological polar surface area (TPSA) is 323 Å². The van der Waals surface area contributed by atoms with Crippen LogP contribution in [0.15, 0.2) is 51.2 Å². The Hall–Kier alpha value is -4.46. The third-order valence-electron chi connectivity index (χ3n) is 10.8. The Balaban J connectivity index is 1.43. The summed E-state index contributed by atoms with van der Waals surface area (Å²) >= 11 is 0. The number of methoxy groups -OCH3 is 1. The molecule has 62 heavy (non-hydrogen) atoms. The van der Waals surface area contributed by atoms with Crippen molar-refractivity contribution in [2.45, 2.75) is 126 Å². The van der Waals surface area contributed by atoms with E-state index in [2.05, 4.69) is 0 Å². The van der Waals surface area contributed by atoms with Crippen molar-refractivity contribution in [3.63, 3.8) is 0 Å². The van der Waals surface area contributed by atoms with E-state index in [4.69, 9.17) is 42.3 Å². The molecule has 15 atom stereocenters. The van der Waals surface area contributed by atoms with Crippen molar-refractivity contribution in [3.8, 4) is 34.3 Å². The van der Waals surface area contributed by atoms with Crippen molar-refractivity contribution in [1.29, 1.82) is 0 Å². The number of phenols is 1. The zero-order valence-corrected chi connectivity index (χ0v) is 34.2. The summed E-state index contributed by atoms with van der Waals surface area (Å²) in [7, 11) is 1.44. The number of fused-ring (bicyclic) bond motifs is 1. The van der Waals surface area contributed by atoms with Gasteiger partial charge in [0.15, 0.2) is 12.1 Å². The third-order valence-corrected chi connectivity index (χ3v) is 10.8. The molecule has 0 radical (unpaired) electrons. The first-order valence-electron chi connectivity index (χ1n) is 19.6. The van der Waals surface area contributed by atoms with E-state index in [-0.39, 0.29) is 34.6 Å². The molecule has 6 rings (SSSR count). The van der Waals surface area contributed by atoms with Gasteiger partial charge in [0.25, 0.3) is 0 Å². The maximum absolute atomic E-state index is 14.7. The van der Waals surface area contributed by atoms with E-state index in [9.17, 15) is 60.7 Å². The lowest BCUT2D eigenvalue weighted by Crippen LogP contribution is -2.64. The van der Waals surface area contributed by atoms with Crippen LogP contribution in [0.3, 0.4) is 0 Å². The summed E-state index contributed by atoms with van der Waals surface area (Å²) in [5, 5.41) is 107. The minimum absolute atomic E-state index is 0.00150. The number of aliphatic hydroxyl groups is 9. The number of esters is 1. The van der Waals surface area contributed by atoms with Gasteiger partial charge in [-0.2, -0.15) is 0 Å². The molecule has 3 saturated heterocycles. The van der Waals surface area contributed by atoms with Crippen LogP contribution in [-0.2, 0) is 34.9 Å². The number of carbonyl (C=O) groups excluding carboxylic acids is 1. The van der Waals surface area contributed by atoms with Crippen LogP contribution in [0.2, 0.25) is 0 Å². The molecule has 0 spiro atoms. The van der Waals surface area contributed by atoms with E-state index < -0.39 is 134 Å². The number of hydrogen-bond donors (Lipinski definition) is 10. The molecule has 10 N–H and O–H groups in total. The van der Waals surface area contributed by atoms with Crippen LogP contribution in [0, 0.1) is 0 Å². The molecule has 0 unspecified atom stereocenters. The second-order valence-corrected chi connectivity index (χ2v) is 15.4. The van der Waals surface area contributed by atoms with Crippen molar-refractivity contribution in [2.75, 3.05) is 20.3 Å². The average molecular weight is 881 g/mol. The fourth-order valence-corrected chi connectivity index (χ4v) is 7.19. The van der Waals surface area contributed by atoms with Gasteiger partial charge in [-0.05, 0) is 51.5 Å². The predicted octanol–water partition coefficient (Wildman–Crippen LogP) is -1.54. The second-order valence-electron chi connectivity index (χ2n) is 15.4. The van der Waals surface area contributed by atoms with Gasteiger partial charge in [-0.15, -0.1) is 0 Å². The second kappa shape index (κ2) is 19.5. The quantitative estimate of drug-likeness (QED) is 0.0687. The number of benzene rings is 2. The van der Waals surface area contributed by atoms with Crippen LogP contribution in [0.5, 0.6) is 23.0 Å². The van der Waals surface area contributed by atoms with E-state index in [1.165, 1.54) is 26.2 Å². The summed E-state index contributed by atoms with van der Waals surface area (Å²) in [6.07, 6.45) is -23.7. The highest BCUT2D eigenvalue weighted by Crippen LogP contribution is 2.42. The molecule has 1 aromatic heterocycles. The fraction of sp³-hybridized carbons (Fsp3) is 0.561. The lowest BCUT2D eigenvalue weighted by atomic mass is 9.97. The van der Waals surface area contributed by atoms with Gasteiger partial charge < -0.3 is 93.4 Å². The molecule has 0 bridgehead atoms. The van der Waals surface area contributed by atoms with Crippen molar-refractivity contribution in [2.24, 2.45) is 0 Å². The molecule has 21 nitrogen and oxygen atoms in total. The van der Waals surface area contributed by atoms with Gasteiger partial charge in [-0.1, -0.05) is 11.6 Å². The summed E-state index contributed by atoms with van der Waals surface area (Å²) < 4.78 is 51.5. The Morgan fingerprint density at radius 3 is 2.00 bits per heavy atom. The largest absolute Gasteiger partial charge is 0.507 e. The zero-order chi connectivity index (χ0) is 45.3. The monoisotopic (exact) mass is 880 g/mol. The molecule has 21 heteroatoms. The van der Waals surface area contributed by atoms with E-state index >= 15 is 0 Å². The van der Waals surface area contributed by atoms with E-state index in [1.54, 1.807) is 32.1 Å². The Bertz CT molecular complexity index is 2120. The first-order chi connectivity index (χ1) is 29.4. The van der Waals surface area contributed by atoms with E-state index in [0.717, 1.165) is 18.6 Å². The molecule has 3 aliphatic rings. The number of hydrogen-bond acceptors (Lipinski definition) is 21. The molecule has 3 aromatic rings. The molecule has 0 saturated carbocycles. The Kier molecular flexibility index (Phi) is 14.8. The summed E-state index contributed by atoms with van der Waals surface area (Å²) in [4.78, 5) is 26.1. The van der Waals surface area contributed by atoms with Crippen LogP contribution in [0.4, 0.5) is 0 Å². The minimum Gasteiger partial charge on any atom is -0.507 e. The van der Waals surface area contributed by atoms with Crippen molar-refractivity contribution >= 4 is 16.9 Å². The number of rotatable bonds is 13. The summed E-state index contributed by atoms with van der Waals surface area (Å²) in [5.41, 5.74) is -0.0532. The van der Waals surface area contributed by atoms with Gasteiger partial charge in [0.05, 0.1) is 19.8 Å². The number of carbonyl (C=O) groups is 1. The van der Waals surface area contributed by atoms with Gasteiger partial charge >= 0.3 is 5.97 Å². The highest BCUT2D eigenvalue weighted by atomic mass is 16.7. The molecular formula is C41H52O21. The standard InChI is InChI=1S/C41H52O21/c1-15(2)6-11-20-22(57-39-32(51)30(49)27(46)23(13-42)58-39)12-21(44)25-29(48)38(35(60-36(20)25)18-7-9-19(54-5)10-8-18)62-41-34(53)37(26(45)16(3)56-41)61-40-33(52)31(50)28(47)24(59-40)14-55-17(4)43/h6-10,12,16,23-24,26-28,30-34,37,39-42,44-47,49-53H,11,13-14H2,1-5H3/t16-,23-,24+,26-,27-,28-,30+,31-,32-,33+,34+,37+,39-,40+,41-/m1/s1. The maximum atomic E-state index is 14.7. The van der Waals surface area contributed by atoms with Gasteiger partial charge in [0.2, 0.25) is 23.8 Å². The summed E-state index contributed by atoms with van der Waals surface area (Å²) in [5.74, 6) is -2.07. The molecule has 3 aliphatic heterocycles. The third kappa shape index (κ3) is 9.55. The van der Waals surface area contributed by atoms with E-state index in [1.807, 2.05) is 0 Å². The van der Waals surface area contributed by atoms with Crippen LogP contribution >= 0.6 is 0 Å². The smallest absolute Gasteiger partial charge is 0.302 e. The fourth-order valence-electron chi connectivity index (χ4n) is 7.19. The van der Waals surface area contributed by atoms with Crippen molar-refractivity contribution in [3.05, 3.63) is 57.8 Å². The number of ether oxygens (including phenoxy) is 8.